The highest BCUT2D eigenvalue weighted by atomic mass is 35.5. The predicted molar refractivity (Wildman–Crippen MR) is 118 cm³/mol. The van der Waals surface area contributed by atoms with Crippen molar-refractivity contribution in [3.8, 4) is 0 Å². The number of anilines is 2. The highest BCUT2D eigenvalue weighted by molar-refractivity contribution is 6.41. The zero-order chi connectivity index (χ0) is 21.0. The molecule has 0 atom stereocenters. The number of hydrazine groups is 1. The number of nitrogens with one attached hydrogen (secondary N) is 3. The minimum Gasteiger partial charge on any atom is -0.324 e. The number of hydrogen-bond acceptors (Lipinski definition) is 3. The van der Waals surface area contributed by atoms with Crippen LogP contribution in [0.2, 0.25) is 15.1 Å². The van der Waals surface area contributed by atoms with Gasteiger partial charge in [0.05, 0.1) is 15.7 Å². The molecule has 0 bridgehead atoms. The zero-order valence-corrected chi connectivity index (χ0v) is 18.0. The quantitative estimate of drug-likeness (QED) is 0.545. The molecule has 29 heavy (non-hydrogen) atoms. The van der Waals surface area contributed by atoms with Gasteiger partial charge in [-0.15, -0.1) is 0 Å². The first-order valence-corrected chi connectivity index (χ1v) is 10.3. The second-order valence-electron chi connectivity index (χ2n) is 6.92. The van der Waals surface area contributed by atoms with Crippen molar-refractivity contribution in [3.63, 3.8) is 0 Å². The summed E-state index contributed by atoms with van der Waals surface area (Å²) in [6, 6.07) is 10.5. The number of aryl methyl sites for hydroxylation is 1. The molecule has 1 fully saturated rings. The molecule has 0 unspecified atom stereocenters. The van der Waals surface area contributed by atoms with Gasteiger partial charge in [0, 0.05) is 29.7 Å². The minimum absolute atomic E-state index is 0.160. The number of benzene rings is 2. The van der Waals surface area contributed by atoms with Gasteiger partial charge in [0.1, 0.15) is 0 Å². The maximum atomic E-state index is 12.5. The molecule has 1 saturated heterocycles. The van der Waals surface area contributed by atoms with Crippen LogP contribution in [0.15, 0.2) is 36.4 Å². The van der Waals surface area contributed by atoms with E-state index in [-0.39, 0.29) is 17.9 Å². The summed E-state index contributed by atoms with van der Waals surface area (Å²) in [6.45, 7) is 2.97. The number of carbonyl (C=O) groups is 2. The minimum atomic E-state index is -0.213. The van der Waals surface area contributed by atoms with Crippen LogP contribution < -0.4 is 16.2 Å². The van der Waals surface area contributed by atoms with Crippen LogP contribution in [-0.4, -0.2) is 29.9 Å². The normalized spacial score (nSPS) is 14.4. The van der Waals surface area contributed by atoms with Gasteiger partial charge < -0.3 is 10.2 Å². The number of amides is 3. The van der Waals surface area contributed by atoms with E-state index in [4.69, 9.17) is 34.8 Å². The van der Waals surface area contributed by atoms with Crippen molar-refractivity contribution in [1.82, 2.24) is 10.3 Å². The first-order valence-electron chi connectivity index (χ1n) is 9.16. The zero-order valence-electron chi connectivity index (χ0n) is 15.8. The summed E-state index contributed by atoms with van der Waals surface area (Å²) in [5.41, 5.74) is 7.63. The van der Waals surface area contributed by atoms with Crippen LogP contribution in [0.5, 0.6) is 0 Å². The SMILES string of the molecule is Cc1cccc(NC(=O)N2CCC(C(=O)NNc3c(Cl)cc(Cl)cc3Cl)CC2)c1. The molecule has 3 N–H and O–H groups in total. The largest absolute Gasteiger partial charge is 0.324 e. The second kappa shape index (κ2) is 9.57. The third kappa shape index (κ3) is 5.69. The van der Waals surface area contributed by atoms with E-state index in [0.29, 0.717) is 46.7 Å². The topological polar surface area (TPSA) is 73.5 Å². The lowest BCUT2D eigenvalue weighted by Crippen LogP contribution is -2.45. The molecule has 3 rings (SSSR count). The molecule has 154 valence electrons. The average Bonchev–Trinajstić information content (AvgIpc) is 2.67. The van der Waals surface area contributed by atoms with E-state index in [1.54, 1.807) is 4.90 Å². The molecule has 1 heterocycles. The number of hydrogen-bond donors (Lipinski definition) is 3. The Morgan fingerprint density at radius 1 is 1.03 bits per heavy atom. The van der Waals surface area contributed by atoms with Gasteiger partial charge in [-0.1, -0.05) is 46.9 Å². The first-order chi connectivity index (χ1) is 13.8. The van der Waals surface area contributed by atoms with Crippen molar-refractivity contribution in [1.29, 1.82) is 0 Å². The molecular weight excluding hydrogens is 435 g/mol. The molecule has 0 radical (unpaired) electrons. The van der Waals surface area contributed by atoms with Gasteiger partial charge in [0.15, 0.2) is 0 Å². The van der Waals surface area contributed by atoms with Crippen molar-refractivity contribution < 1.29 is 9.59 Å². The average molecular weight is 456 g/mol. The smallest absolute Gasteiger partial charge is 0.321 e. The van der Waals surface area contributed by atoms with E-state index in [1.807, 2.05) is 31.2 Å². The maximum Gasteiger partial charge on any atom is 0.321 e. The number of urea groups is 1. The molecule has 0 saturated carbocycles. The fraction of sp³-hybridized carbons (Fsp3) is 0.300. The van der Waals surface area contributed by atoms with Crippen molar-refractivity contribution in [2.75, 3.05) is 23.8 Å². The van der Waals surface area contributed by atoms with Gasteiger partial charge in [-0.3, -0.25) is 15.6 Å². The Balaban J connectivity index is 1.49. The molecule has 3 amide bonds. The van der Waals surface area contributed by atoms with E-state index in [2.05, 4.69) is 16.2 Å². The van der Waals surface area contributed by atoms with E-state index in [0.717, 1.165) is 11.3 Å². The monoisotopic (exact) mass is 454 g/mol. The highest BCUT2D eigenvalue weighted by Crippen LogP contribution is 2.33. The summed E-state index contributed by atoms with van der Waals surface area (Å²) >= 11 is 18.1. The number of halogens is 3. The van der Waals surface area contributed by atoms with E-state index in [9.17, 15) is 9.59 Å². The third-order valence-electron chi connectivity index (χ3n) is 4.74. The second-order valence-corrected chi connectivity index (χ2v) is 8.17. The van der Waals surface area contributed by atoms with Gasteiger partial charge in [-0.05, 0) is 49.6 Å². The lowest BCUT2D eigenvalue weighted by molar-refractivity contribution is -0.125. The molecule has 6 nitrogen and oxygen atoms in total. The Bertz CT molecular complexity index is 891. The Morgan fingerprint density at radius 2 is 1.69 bits per heavy atom. The van der Waals surface area contributed by atoms with Crippen molar-refractivity contribution in [2.45, 2.75) is 19.8 Å². The lowest BCUT2D eigenvalue weighted by atomic mass is 9.96. The summed E-state index contributed by atoms with van der Waals surface area (Å²) in [5, 5.41) is 3.93. The van der Waals surface area contributed by atoms with Crippen LogP contribution >= 0.6 is 34.8 Å². The molecule has 2 aromatic rings. The number of likely N-dealkylation sites (tertiary alicyclic amines) is 1. The molecule has 0 aliphatic carbocycles. The molecule has 0 spiro atoms. The number of rotatable bonds is 4. The van der Waals surface area contributed by atoms with Crippen LogP contribution in [0.4, 0.5) is 16.2 Å². The van der Waals surface area contributed by atoms with E-state index in [1.165, 1.54) is 12.1 Å². The summed E-state index contributed by atoms with van der Waals surface area (Å²) in [6.07, 6.45) is 1.13. The van der Waals surface area contributed by atoms with Crippen molar-refractivity contribution in [2.24, 2.45) is 5.92 Å². The Hall–Kier alpha value is -2.15. The summed E-state index contributed by atoms with van der Waals surface area (Å²) in [4.78, 5) is 26.6. The fourth-order valence-corrected chi connectivity index (χ4v) is 4.07. The van der Waals surface area contributed by atoms with Crippen LogP contribution in [-0.2, 0) is 4.79 Å². The molecular formula is C20H21Cl3N4O2. The van der Waals surface area contributed by atoms with Crippen LogP contribution in [0.1, 0.15) is 18.4 Å². The fourth-order valence-electron chi connectivity index (χ4n) is 3.16. The summed E-state index contributed by atoms with van der Waals surface area (Å²) in [7, 11) is 0. The maximum absolute atomic E-state index is 12.5. The molecule has 0 aromatic heterocycles. The molecule has 2 aromatic carbocycles. The molecule has 9 heteroatoms. The molecule has 1 aliphatic heterocycles. The van der Waals surface area contributed by atoms with Crippen LogP contribution in [0, 0.1) is 12.8 Å². The number of nitrogens with zero attached hydrogens (tertiary/aromatic N) is 1. The van der Waals surface area contributed by atoms with Gasteiger partial charge in [-0.2, -0.15) is 0 Å². The Labute approximate surface area is 184 Å². The third-order valence-corrected chi connectivity index (χ3v) is 5.55. The lowest BCUT2D eigenvalue weighted by Gasteiger charge is -2.31. The highest BCUT2D eigenvalue weighted by Gasteiger charge is 2.27. The Morgan fingerprint density at radius 3 is 2.31 bits per heavy atom. The standard InChI is InChI=1S/C20H21Cl3N4O2/c1-12-3-2-4-15(9-12)24-20(29)27-7-5-13(6-8-27)19(28)26-25-18-16(22)10-14(21)11-17(18)23/h2-4,9-11,13,25H,5-8H2,1H3,(H,24,29)(H,26,28). The van der Waals surface area contributed by atoms with E-state index >= 15 is 0 Å². The number of piperidine rings is 1. The van der Waals surface area contributed by atoms with Gasteiger partial charge in [0.2, 0.25) is 5.91 Å². The van der Waals surface area contributed by atoms with E-state index < -0.39 is 0 Å². The Kier molecular flexibility index (Phi) is 7.11. The summed E-state index contributed by atoms with van der Waals surface area (Å²) in [5.74, 6) is -0.388. The predicted octanol–water partition coefficient (Wildman–Crippen LogP) is 5.34. The van der Waals surface area contributed by atoms with Gasteiger partial charge in [0.25, 0.3) is 0 Å². The number of carbonyl (C=O) groups excluding carboxylic acids is 2. The van der Waals surface area contributed by atoms with Gasteiger partial charge in [-0.25, -0.2) is 4.79 Å². The van der Waals surface area contributed by atoms with Crippen molar-refractivity contribution in [3.05, 3.63) is 57.0 Å². The van der Waals surface area contributed by atoms with Crippen LogP contribution in [0.25, 0.3) is 0 Å². The molecule has 1 aliphatic rings. The van der Waals surface area contributed by atoms with Gasteiger partial charge >= 0.3 is 6.03 Å². The van der Waals surface area contributed by atoms with Crippen LogP contribution in [0.3, 0.4) is 0 Å². The van der Waals surface area contributed by atoms with Crippen molar-refractivity contribution >= 4 is 58.1 Å². The summed E-state index contributed by atoms with van der Waals surface area (Å²) < 4.78 is 0. The first kappa shape index (κ1) is 21.6.